The molecule has 0 saturated heterocycles. The van der Waals surface area contributed by atoms with E-state index in [0.717, 1.165) is 11.8 Å². The van der Waals surface area contributed by atoms with Crippen LogP contribution >= 0.6 is 0 Å². The zero-order valence-electron chi connectivity index (χ0n) is 12.1. The van der Waals surface area contributed by atoms with Crippen molar-refractivity contribution in [3.8, 4) is 5.75 Å². The van der Waals surface area contributed by atoms with Crippen LogP contribution in [0.3, 0.4) is 0 Å². The highest BCUT2D eigenvalue weighted by Gasteiger charge is 2.21. The van der Waals surface area contributed by atoms with Crippen LogP contribution in [0.5, 0.6) is 5.75 Å². The van der Waals surface area contributed by atoms with E-state index in [-0.39, 0.29) is 11.4 Å². The van der Waals surface area contributed by atoms with E-state index in [9.17, 15) is 9.59 Å². The molecule has 19 heavy (non-hydrogen) atoms. The van der Waals surface area contributed by atoms with Gasteiger partial charge in [-0.1, -0.05) is 12.1 Å². The maximum atomic E-state index is 11.9. The van der Waals surface area contributed by atoms with Gasteiger partial charge in [0, 0.05) is 5.54 Å². The van der Waals surface area contributed by atoms with Crippen LogP contribution in [0.2, 0.25) is 0 Å². The van der Waals surface area contributed by atoms with Gasteiger partial charge in [-0.25, -0.2) is 0 Å². The third-order valence-corrected chi connectivity index (χ3v) is 2.53. The first-order valence-corrected chi connectivity index (χ1v) is 6.28. The number of aryl methyl sites for hydroxylation is 1. The first-order valence-electron chi connectivity index (χ1n) is 6.28. The van der Waals surface area contributed by atoms with E-state index in [4.69, 9.17) is 4.74 Å². The predicted molar refractivity (Wildman–Crippen MR) is 74.6 cm³/mol. The number of aldehydes is 1. The minimum atomic E-state index is -0.654. The maximum Gasteiger partial charge on any atom is 0.261 e. The number of para-hydroxylation sites is 1. The summed E-state index contributed by atoms with van der Waals surface area (Å²) in [5.74, 6) is 0.265. The topological polar surface area (TPSA) is 55.4 Å². The van der Waals surface area contributed by atoms with Crippen molar-refractivity contribution in [3.63, 3.8) is 0 Å². The molecule has 1 atom stereocenters. The Labute approximate surface area is 114 Å². The van der Waals surface area contributed by atoms with E-state index in [0.29, 0.717) is 11.3 Å². The second kappa shape index (κ2) is 5.87. The van der Waals surface area contributed by atoms with Gasteiger partial charge in [-0.15, -0.1) is 0 Å². The number of hydrogen-bond acceptors (Lipinski definition) is 3. The monoisotopic (exact) mass is 263 g/mol. The lowest BCUT2D eigenvalue weighted by atomic mass is 10.1. The van der Waals surface area contributed by atoms with Crippen molar-refractivity contribution in [2.75, 3.05) is 0 Å². The molecule has 4 nitrogen and oxygen atoms in total. The van der Waals surface area contributed by atoms with Gasteiger partial charge in [0.2, 0.25) is 0 Å². The number of benzene rings is 1. The number of hydrogen-bond donors (Lipinski definition) is 1. The van der Waals surface area contributed by atoms with E-state index in [1.807, 2.05) is 33.8 Å². The van der Waals surface area contributed by atoms with E-state index < -0.39 is 6.10 Å². The Hall–Kier alpha value is -1.84. The van der Waals surface area contributed by atoms with Gasteiger partial charge >= 0.3 is 0 Å². The van der Waals surface area contributed by atoms with Crippen LogP contribution in [-0.2, 0) is 4.79 Å². The molecular weight excluding hydrogens is 242 g/mol. The van der Waals surface area contributed by atoms with Crippen molar-refractivity contribution >= 4 is 12.2 Å². The molecule has 0 aliphatic carbocycles. The smallest absolute Gasteiger partial charge is 0.261 e. The van der Waals surface area contributed by atoms with E-state index in [2.05, 4.69) is 5.32 Å². The fraction of sp³-hybridized carbons (Fsp3) is 0.467. The van der Waals surface area contributed by atoms with Gasteiger partial charge in [-0.05, 0) is 46.2 Å². The summed E-state index contributed by atoms with van der Waals surface area (Å²) in [6.45, 7) is 9.23. The molecule has 0 aliphatic rings. The highest BCUT2D eigenvalue weighted by Crippen LogP contribution is 2.23. The minimum absolute atomic E-state index is 0.201. The van der Waals surface area contributed by atoms with Crippen molar-refractivity contribution < 1.29 is 14.3 Å². The number of rotatable bonds is 4. The van der Waals surface area contributed by atoms with Crippen LogP contribution in [0.25, 0.3) is 0 Å². The second-order valence-electron chi connectivity index (χ2n) is 5.61. The Balaban J connectivity index is 2.85. The van der Waals surface area contributed by atoms with Crippen LogP contribution in [0.15, 0.2) is 18.2 Å². The van der Waals surface area contributed by atoms with Crippen molar-refractivity contribution in [2.24, 2.45) is 0 Å². The molecule has 0 radical (unpaired) electrons. The average molecular weight is 263 g/mol. The van der Waals surface area contributed by atoms with Gasteiger partial charge in [0.15, 0.2) is 12.4 Å². The lowest BCUT2D eigenvalue weighted by molar-refractivity contribution is -0.128. The van der Waals surface area contributed by atoms with Crippen LogP contribution in [0, 0.1) is 6.92 Å². The Kier molecular flexibility index (Phi) is 4.70. The quantitative estimate of drug-likeness (QED) is 0.849. The van der Waals surface area contributed by atoms with Gasteiger partial charge < -0.3 is 10.1 Å². The fourth-order valence-corrected chi connectivity index (χ4v) is 1.63. The lowest BCUT2D eigenvalue weighted by Crippen LogP contribution is -2.46. The molecule has 0 spiro atoms. The summed E-state index contributed by atoms with van der Waals surface area (Å²) in [4.78, 5) is 22.9. The second-order valence-corrected chi connectivity index (χ2v) is 5.61. The summed E-state index contributed by atoms with van der Waals surface area (Å²) in [6.07, 6.45) is 0.0792. The molecule has 1 amide bonds. The molecule has 1 aromatic rings. The molecular formula is C15H21NO3. The van der Waals surface area contributed by atoms with Crippen LogP contribution in [-0.4, -0.2) is 23.8 Å². The average Bonchev–Trinajstić information content (AvgIpc) is 2.29. The van der Waals surface area contributed by atoms with Gasteiger partial charge in [-0.2, -0.15) is 0 Å². The summed E-state index contributed by atoms with van der Waals surface area (Å²) in [7, 11) is 0. The molecule has 0 fully saturated rings. The molecule has 0 saturated carbocycles. The van der Waals surface area contributed by atoms with E-state index in [1.165, 1.54) is 0 Å². The van der Waals surface area contributed by atoms with Crippen LogP contribution in [0.1, 0.15) is 43.6 Å². The SMILES string of the molecule is Cc1cccc(C=O)c1OC(C)C(=O)NC(C)(C)C. The third kappa shape index (κ3) is 4.39. The van der Waals surface area contributed by atoms with Crippen molar-refractivity contribution in [3.05, 3.63) is 29.3 Å². The molecule has 1 aromatic carbocycles. The molecule has 0 aromatic heterocycles. The molecule has 0 aliphatic heterocycles. The number of amides is 1. The molecule has 1 rings (SSSR count). The highest BCUT2D eigenvalue weighted by molar-refractivity contribution is 5.83. The van der Waals surface area contributed by atoms with Crippen molar-refractivity contribution in [1.29, 1.82) is 0 Å². The maximum absolute atomic E-state index is 11.9. The molecule has 0 bridgehead atoms. The van der Waals surface area contributed by atoms with E-state index in [1.54, 1.807) is 19.1 Å². The Morgan fingerprint density at radius 1 is 1.37 bits per heavy atom. The van der Waals surface area contributed by atoms with Crippen LogP contribution in [0.4, 0.5) is 0 Å². The molecule has 1 unspecified atom stereocenters. The Morgan fingerprint density at radius 2 is 2.00 bits per heavy atom. The lowest BCUT2D eigenvalue weighted by Gasteiger charge is -2.24. The molecule has 1 N–H and O–H groups in total. The molecule has 0 heterocycles. The number of carbonyl (C=O) groups is 2. The minimum Gasteiger partial charge on any atom is -0.480 e. The Morgan fingerprint density at radius 3 is 2.53 bits per heavy atom. The zero-order chi connectivity index (χ0) is 14.6. The number of carbonyl (C=O) groups excluding carboxylic acids is 2. The number of ether oxygens (including phenoxy) is 1. The normalized spacial score (nSPS) is 12.7. The van der Waals surface area contributed by atoms with Crippen molar-refractivity contribution in [1.82, 2.24) is 5.32 Å². The zero-order valence-corrected chi connectivity index (χ0v) is 12.1. The molecule has 104 valence electrons. The highest BCUT2D eigenvalue weighted by atomic mass is 16.5. The largest absolute Gasteiger partial charge is 0.480 e. The number of nitrogens with one attached hydrogen (secondary N) is 1. The summed E-state index contributed by atoms with van der Waals surface area (Å²) in [5, 5.41) is 2.84. The van der Waals surface area contributed by atoms with Gasteiger partial charge in [0.25, 0.3) is 5.91 Å². The summed E-state index contributed by atoms with van der Waals surface area (Å²) >= 11 is 0. The van der Waals surface area contributed by atoms with E-state index >= 15 is 0 Å². The van der Waals surface area contributed by atoms with Gasteiger partial charge in [0.1, 0.15) is 5.75 Å². The predicted octanol–water partition coefficient (Wildman–Crippen LogP) is 2.49. The molecule has 4 heteroatoms. The van der Waals surface area contributed by atoms with Gasteiger partial charge in [-0.3, -0.25) is 9.59 Å². The fourth-order valence-electron chi connectivity index (χ4n) is 1.63. The third-order valence-electron chi connectivity index (χ3n) is 2.53. The summed E-state index contributed by atoms with van der Waals surface area (Å²) in [6, 6.07) is 5.30. The Bertz CT molecular complexity index is 475. The van der Waals surface area contributed by atoms with Crippen LogP contribution < -0.4 is 10.1 Å². The summed E-state index contributed by atoms with van der Waals surface area (Å²) in [5.41, 5.74) is 0.976. The first kappa shape index (κ1) is 15.2. The standard InChI is InChI=1S/C15H21NO3/c1-10-7-6-8-12(9-17)13(10)19-11(2)14(18)16-15(3,4)5/h6-9,11H,1-5H3,(H,16,18). The first-order chi connectivity index (χ1) is 8.74. The summed E-state index contributed by atoms with van der Waals surface area (Å²) < 4.78 is 5.63. The van der Waals surface area contributed by atoms with Gasteiger partial charge in [0.05, 0.1) is 5.56 Å². The van der Waals surface area contributed by atoms with Crippen molar-refractivity contribution in [2.45, 2.75) is 46.3 Å².